The highest BCUT2D eigenvalue weighted by Gasteiger charge is 2.43. The lowest BCUT2D eigenvalue weighted by molar-refractivity contribution is -0.753. The average Bonchev–Trinajstić information content (AvgIpc) is 3.94. The number of amides is 1. The number of hydrogen-bond donors (Lipinski definition) is 2. The molecule has 15 nitrogen and oxygen atoms in total. The number of halogens is 2. The van der Waals surface area contributed by atoms with Crippen molar-refractivity contribution in [3.05, 3.63) is 136 Å². The lowest BCUT2D eigenvalue weighted by Crippen LogP contribution is -2.42. The van der Waals surface area contributed by atoms with E-state index in [0.717, 1.165) is 23.8 Å². The largest absolute Gasteiger partial charge is 0.460 e. The summed E-state index contributed by atoms with van der Waals surface area (Å²) in [5, 5.41) is 30.9. The average molecular weight is 838 g/mol. The molecule has 1 unspecified atom stereocenters. The van der Waals surface area contributed by atoms with Crippen molar-refractivity contribution in [2.24, 2.45) is 0 Å². The number of thiazole rings is 1. The van der Waals surface area contributed by atoms with Gasteiger partial charge in [-0.25, -0.2) is 28.5 Å². The number of nitrogens with one attached hydrogen (secondary N) is 1. The highest BCUT2D eigenvalue weighted by Crippen LogP contribution is 2.41. The Morgan fingerprint density at radius 2 is 1.87 bits per heavy atom. The molecule has 0 radical (unpaired) electrons. The molecule has 6 aromatic rings. The van der Waals surface area contributed by atoms with Crippen molar-refractivity contribution in [2.75, 3.05) is 37.5 Å². The first-order chi connectivity index (χ1) is 28.8. The Labute approximate surface area is 349 Å². The number of pyridine rings is 2. The van der Waals surface area contributed by atoms with Gasteiger partial charge in [0.25, 0.3) is 6.33 Å². The van der Waals surface area contributed by atoms with Crippen LogP contribution in [-0.2, 0) is 39.6 Å². The molecule has 0 saturated heterocycles. The molecule has 2 N–H and O–H groups in total. The second-order valence-corrected chi connectivity index (χ2v) is 14.9. The number of esters is 1. The fourth-order valence-electron chi connectivity index (χ4n) is 6.36. The number of aromatic nitrogens is 6. The first kappa shape index (κ1) is 42.9. The van der Waals surface area contributed by atoms with Crippen molar-refractivity contribution >= 4 is 35.0 Å². The second kappa shape index (κ2) is 18.9. The molecule has 3 atom stereocenters. The van der Waals surface area contributed by atoms with E-state index in [1.807, 2.05) is 24.1 Å². The molecule has 4 aromatic heterocycles. The molecule has 0 bridgehead atoms. The maximum atomic E-state index is 15.4. The van der Waals surface area contributed by atoms with E-state index in [0.29, 0.717) is 45.7 Å². The van der Waals surface area contributed by atoms with Crippen LogP contribution in [0.25, 0.3) is 11.3 Å². The first-order valence-electron chi connectivity index (χ1n) is 18.7. The van der Waals surface area contributed by atoms with E-state index in [2.05, 4.69) is 26.5 Å². The van der Waals surface area contributed by atoms with E-state index in [4.69, 9.17) is 14.5 Å². The smallest absolute Gasteiger partial charge is 0.418 e. The van der Waals surface area contributed by atoms with E-state index in [-0.39, 0.29) is 31.2 Å². The lowest BCUT2D eigenvalue weighted by atomic mass is 9.82. The second-order valence-electron chi connectivity index (χ2n) is 14.0. The lowest BCUT2D eigenvalue weighted by Gasteiger charge is -2.32. The zero-order chi connectivity index (χ0) is 43.0. The monoisotopic (exact) mass is 837 g/mol. The molecule has 0 fully saturated rings. The Morgan fingerprint density at radius 1 is 1.08 bits per heavy atom. The van der Waals surface area contributed by atoms with Gasteiger partial charge >= 0.3 is 12.1 Å². The standard InChI is InChI=1S/C42H43F2N10O5S/c1-27(40-50-36(23-60-40)30-13-11-29(19-45)12-14-30)42(57,34-18-32(43)15-16-35(34)44)24-54-26-53(25-48-54)28(2)59-41(56)52(5)37-10-6-9-33(49-37)21-51(4)39-31(8-7-17-47-39)22-58-38(55)20-46-3/h6-18,23,25-28,46,57H,20-22,24H2,1-5H3/q+1/t27-,28?,42+/m0/s1. The fraction of sp³-hybridized carbons (Fsp3) is 0.286. The van der Waals surface area contributed by atoms with Gasteiger partial charge in [-0.15, -0.1) is 16.0 Å². The minimum Gasteiger partial charge on any atom is -0.460 e. The SMILES string of the molecule is CNCC(=O)OCc1cccnc1N(C)Cc1cccc(N(C)C(=O)OC(C)[n+]2cnn(C[C@](O)(c3cc(F)ccc3F)[C@@H](C)c3nc(-c4ccc(C#N)cc4)cs3)c2)n1. The van der Waals surface area contributed by atoms with Crippen LogP contribution < -0.4 is 19.7 Å². The highest BCUT2D eigenvalue weighted by atomic mass is 32.1. The Hall–Kier alpha value is -6.68. The highest BCUT2D eigenvalue weighted by molar-refractivity contribution is 7.10. The molecule has 1 amide bonds. The van der Waals surface area contributed by atoms with Gasteiger partial charge in [0, 0.05) is 60.3 Å². The number of rotatable bonds is 16. The summed E-state index contributed by atoms with van der Waals surface area (Å²) >= 11 is 1.25. The van der Waals surface area contributed by atoms with Crippen molar-refractivity contribution in [1.29, 1.82) is 5.26 Å². The summed E-state index contributed by atoms with van der Waals surface area (Å²) in [4.78, 5) is 42.3. The van der Waals surface area contributed by atoms with Crippen LogP contribution in [0, 0.1) is 23.0 Å². The van der Waals surface area contributed by atoms with Crippen LogP contribution in [0.3, 0.4) is 0 Å². The maximum Gasteiger partial charge on any atom is 0.418 e. The number of carbonyl (C=O) groups is 2. The van der Waals surface area contributed by atoms with Crippen molar-refractivity contribution < 1.29 is 37.5 Å². The van der Waals surface area contributed by atoms with Gasteiger partial charge in [-0.2, -0.15) is 9.83 Å². The Balaban J connectivity index is 1.14. The third kappa shape index (κ3) is 9.94. The number of anilines is 2. The number of benzene rings is 2. The Bertz CT molecular complexity index is 2490. The van der Waals surface area contributed by atoms with Gasteiger partial charge in [0.1, 0.15) is 42.0 Å². The summed E-state index contributed by atoms with van der Waals surface area (Å²) in [6.45, 7) is 3.43. The van der Waals surface area contributed by atoms with E-state index in [1.54, 1.807) is 74.9 Å². The molecule has 60 heavy (non-hydrogen) atoms. The third-order valence-electron chi connectivity index (χ3n) is 9.76. The number of aliphatic hydroxyl groups is 1. The molecule has 0 aliphatic heterocycles. The molecule has 0 aliphatic rings. The molecule has 0 spiro atoms. The van der Waals surface area contributed by atoms with Gasteiger partial charge in [-0.3, -0.25) is 9.69 Å². The zero-order valence-electron chi connectivity index (χ0n) is 33.5. The van der Waals surface area contributed by atoms with Gasteiger partial charge in [0.2, 0.25) is 12.6 Å². The van der Waals surface area contributed by atoms with Crippen molar-refractivity contribution in [3.8, 4) is 17.3 Å². The molecule has 0 saturated carbocycles. The molecule has 310 valence electrons. The number of hydrogen-bond acceptors (Lipinski definition) is 13. The summed E-state index contributed by atoms with van der Waals surface area (Å²) in [6, 6.07) is 20.7. The predicted octanol–water partition coefficient (Wildman–Crippen LogP) is 5.62. The Morgan fingerprint density at radius 3 is 2.62 bits per heavy atom. The molecule has 6 rings (SSSR count). The minimum absolute atomic E-state index is 0.0478. The summed E-state index contributed by atoms with van der Waals surface area (Å²) in [6.07, 6.45) is 2.91. The summed E-state index contributed by atoms with van der Waals surface area (Å²) in [5.74, 6) is -1.86. The number of nitrogens with zero attached hydrogens (tertiary/aromatic N) is 9. The van der Waals surface area contributed by atoms with Crippen LogP contribution in [0.5, 0.6) is 0 Å². The number of carbonyl (C=O) groups excluding carboxylic acids is 2. The molecular formula is C42H43F2N10O5S+. The van der Waals surface area contributed by atoms with Crippen LogP contribution in [0.2, 0.25) is 0 Å². The van der Waals surface area contributed by atoms with E-state index < -0.39 is 35.5 Å². The van der Waals surface area contributed by atoms with Crippen LogP contribution >= 0.6 is 11.3 Å². The quantitative estimate of drug-likeness (QED) is 0.0912. The van der Waals surface area contributed by atoms with E-state index >= 15 is 4.39 Å². The van der Waals surface area contributed by atoms with Crippen LogP contribution in [0.4, 0.5) is 25.2 Å². The van der Waals surface area contributed by atoms with Gasteiger partial charge in [-0.05, 0) is 55.6 Å². The molecule has 2 aromatic carbocycles. The fourth-order valence-corrected chi connectivity index (χ4v) is 7.33. The third-order valence-corrected chi connectivity index (χ3v) is 10.8. The number of nitriles is 1. The summed E-state index contributed by atoms with van der Waals surface area (Å²) in [5.41, 5.74) is 0.861. The number of likely N-dealkylation sites (N-methyl/N-ethyl adjacent to an activating group) is 1. The molecule has 0 aliphatic carbocycles. The van der Waals surface area contributed by atoms with Crippen molar-refractivity contribution in [2.45, 2.75) is 51.3 Å². The molecule has 18 heteroatoms. The van der Waals surface area contributed by atoms with Crippen molar-refractivity contribution in [3.63, 3.8) is 0 Å². The number of ether oxygens (including phenoxy) is 2. The summed E-state index contributed by atoms with van der Waals surface area (Å²) in [7, 11) is 5.01. The first-order valence-corrected chi connectivity index (χ1v) is 19.6. The van der Waals surface area contributed by atoms with Crippen LogP contribution in [0.1, 0.15) is 53.4 Å². The van der Waals surface area contributed by atoms with Gasteiger partial charge in [0.15, 0.2) is 0 Å². The van der Waals surface area contributed by atoms with E-state index in [1.165, 1.54) is 45.2 Å². The van der Waals surface area contributed by atoms with Gasteiger partial charge < -0.3 is 24.8 Å². The van der Waals surface area contributed by atoms with Gasteiger partial charge in [-0.1, -0.05) is 31.2 Å². The van der Waals surface area contributed by atoms with E-state index in [9.17, 15) is 24.3 Å². The molecule has 4 heterocycles. The van der Waals surface area contributed by atoms with Crippen molar-refractivity contribution in [1.82, 2.24) is 30.0 Å². The normalized spacial score (nSPS) is 13.1. The van der Waals surface area contributed by atoms with Crippen LogP contribution in [-0.4, -0.2) is 69.6 Å². The molecular weight excluding hydrogens is 795 g/mol. The predicted molar refractivity (Wildman–Crippen MR) is 217 cm³/mol. The topological polar surface area (TPSA) is 176 Å². The van der Waals surface area contributed by atoms with Crippen LogP contribution in [0.15, 0.2) is 97.0 Å². The zero-order valence-corrected chi connectivity index (χ0v) is 34.3. The maximum absolute atomic E-state index is 15.4. The van der Waals surface area contributed by atoms with Gasteiger partial charge in [0.05, 0.1) is 41.1 Å². The minimum atomic E-state index is -2.04. The summed E-state index contributed by atoms with van der Waals surface area (Å²) < 4.78 is 44.0. The Kier molecular flexibility index (Phi) is 13.5.